The number of rotatable bonds is 6. The molecule has 1 atom stereocenters. The summed E-state index contributed by atoms with van der Waals surface area (Å²) in [5.41, 5.74) is 2.38. The number of anilines is 2. The van der Waals surface area contributed by atoms with E-state index in [9.17, 15) is 9.59 Å². The van der Waals surface area contributed by atoms with Gasteiger partial charge in [-0.25, -0.2) is 0 Å². The highest BCUT2D eigenvalue weighted by Crippen LogP contribution is 2.34. The van der Waals surface area contributed by atoms with Crippen LogP contribution in [0.2, 0.25) is 0 Å². The summed E-state index contributed by atoms with van der Waals surface area (Å²) in [5, 5.41) is 5.67. The van der Waals surface area contributed by atoms with E-state index in [2.05, 4.69) is 10.6 Å². The Balaban J connectivity index is 1.35. The summed E-state index contributed by atoms with van der Waals surface area (Å²) in [7, 11) is 0. The first kappa shape index (κ1) is 15.7. The van der Waals surface area contributed by atoms with Gasteiger partial charge in [0, 0.05) is 17.8 Å². The zero-order chi connectivity index (χ0) is 17.2. The third kappa shape index (κ3) is 3.65. The number of para-hydroxylation sites is 1. The van der Waals surface area contributed by atoms with Crippen LogP contribution in [-0.2, 0) is 9.59 Å². The number of benzene rings is 2. The average Bonchev–Trinajstić information content (AvgIpc) is 3.39. The van der Waals surface area contributed by atoms with E-state index in [-0.39, 0.29) is 18.2 Å². The Morgan fingerprint density at radius 3 is 2.64 bits per heavy atom. The summed E-state index contributed by atoms with van der Waals surface area (Å²) >= 11 is 0. The minimum Gasteiger partial charge on any atom is -0.493 e. The first-order valence-corrected chi connectivity index (χ1v) is 8.61. The fraction of sp³-hybridized carbons (Fsp3) is 0.300. The van der Waals surface area contributed by atoms with Gasteiger partial charge in [-0.05, 0) is 54.7 Å². The second kappa shape index (κ2) is 6.59. The summed E-state index contributed by atoms with van der Waals surface area (Å²) in [4.78, 5) is 24.4. The summed E-state index contributed by atoms with van der Waals surface area (Å²) < 4.78 is 5.69. The molecule has 1 unspecified atom stereocenters. The zero-order valence-corrected chi connectivity index (χ0v) is 13.8. The highest BCUT2D eigenvalue weighted by Gasteiger charge is 2.31. The number of hydrogen-bond acceptors (Lipinski definition) is 3. The normalized spacial score (nSPS) is 18.4. The van der Waals surface area contributed by atoms with E-state index in [1.165, 1.54) is 12.8 Å². The van der Waals surface area contributed by atoms with Crippen LogP contribution in [0, 0.1) is 5.92 Å². The number of hydrogen-bond donors (Lipinski definition) is 2. The van der Waals surface area contributed by atoms with Gasteiger partial charge in [0.2, 0.25) is 11.8 Å². The molecule has 1 aliphatic heterocycles. The molecule has 25 heavy (non-hydrogen) atoms. The predicted octanol–water partition coefficient (Wildman–Crippen LogP) is 3.54. The highest BCUT2D eigenvalue weighted by atomic mass is 16.5. The van der Waals surface area contributed by atoms with Gasteiger partial charge in [-0.1, -0.05) is 18.2 Å². The number of amides is 2. The van der Waals surface area contributed by atoms with Crippen molar-refractivity contribution in [2.45, 2.75) is 25.2 Å². The molecule has 1 heterocycles. The second-order valence-electron chi connectivity index (χ2n) is 6.66. The molecule has 2 N–H and O–H groups in total. The van der Waals surface area contributed by atoms with Gasteiger partial charge in [-0.2, -0.15) is 0 Å². The van der Waals surface area contributed by atoms with Gasteiger partial charge in [0.15, 0.2) is 0 Å². The van der Waals surface area contributed by atoms with Crippen molar-refractivity contribution in [3.63, 3.8) is 0 Å². The minimum atomic E-state index is -0.433. The van der Waals surface area contributed by atoms with Crippen LogP contribution in [0.4, 0.5) is 11.4 Å². The molecule has 0 aromatic heterocycles. The molecule has 2 aliphatic rings. The molecule has 2 aromatic carbocycles. The van der Waals surface area contributed by atoms with Gasteiger partial charge in [0.25, 0.3) is 0 Å². The topological polar surface area (TPSA) is 67.4 Å². The fourth-order valence-electron chi connectivity index (χ4n) is 3.01. The van der Waals surface area contributed by atoms with E-state index >= 15 is 0 Å². The van der Waals surface area contributed by atoms with Crippen LogP contribution in [0.25, 0.3) is 0 Å². The lowest BCUT2D eigenvalue weighted by molar-refractivity contribution is -0.122. The fourth-order valence-corrected chi connectivity index (χ4v) is 3.01. The van der Waals surface area contributed by atoms with E-state index in [1.54, 1.807) is 0 Å². The van der Waals surface area contributed by atoms with Gasteiger partial charge in [-0.3, -0.25) is 9.59 Å². The molecule has 1 saturated carbocycles. The first-order valence-electron chi connectivity index (χ1n) is 8.61. The molecule has 1 aliphatic carbocycles. The molecule has 5 heteroatoms. The monoisotopic (exact) mass is 336 g/mol. The molecule has 1 fully saturated rings. The number of carbonyl (C=O) groups is 2. The summed E-state index contributed by atoms with van der Waals surface area (Å²) in [6.07, 6.45) is 2.64. The van der Waals surface area contributed by atoms with Crippen molar-refractivity contribution in [2.75, 3.05) is 17.2 Å². The molecule has 2 amide bonds. The number of nitrogens with one attached hydrogen (secondary N) is 2. The van der Waals surface area contributed by atoms with E-state index in [0.717, 1.165) is 23.6 Å². The number of ether oxygens (including phenoxy) is 1. The summed E-state index contributed by atoms with van der Waals surface area (Å²) in [6.45, 7) is 0.766. The van der Waals surface area contributed by atoms with E-state index in [1.807, 2.05) is 48.5 Å². The van der Waals surface area contributed by atoms with Crippen molar-refractivity contribution in [1.82, 2.24) is 0 Å². The van der Waals surface area contributed by atoms with Crippen molar-refractivity contribution in [3.05, 3.63) is 54.1 Å². The third-order valence-corrected chi connectivity index (χ3v) is 4.62. The Morgan fingerprint density at radius 2 is 1.88 bits per heavy atom. The summed E-state index contributed by atoms with van der Waals surface area (Å²) in [5.74, 6) is 0.787. The van der Waals surface area contributed by atoms with Crippen LogP contribution in [0.3, 0.4) is 0 Å². The lowest BCUT2D eigenvalue weighted by Gasteiger charge is -2.10. The van der Waals surface area contributed by atoms with E-state index in [0.29, 0.717) is 11.6 Å². The Hall–Kier alpha value is -2.82. The molecule has 0 saturated heterocycles. The lowest BCUT2D eigenvalue weighted by atomic mass is 9.97. The number of fused-ring (bicyclic) bond motifs is 1. The smallest absolute Gasteiger partial charge is 0.232 e. The molecule has 2 aromatic rings. The molecule has 128 valence electrons. The third-order valence-electron chi connectivity index (χ3n) is 4.62. The number of carbonyl (C=O) groups excluding carboxylic acids is 2. The molecule has 0 radical (unpaired) electrons. The quantitative estimate of drug-likeness (QED) is 0.848. The van der Waals surface area contributed by atoms with Crippen LogP contribution in [-0.4, -0.2) is 18.4 Å². The van der Waals surface area contributed by atoms with Crippen molar-refractivity contribution in [1.29, 1.82) is 0 Å². The zero-order valence-electron chi connectivity index (χ0n) is 13.8. The van der Waals surface area contributed by atoms with Crippen LogP contribution in [0.15, 0.2) is 48.5 Å². The Kier molecular flexibility index (Phi) is 4.14. The Labute approximate surface area is 146 Å². The average molecular weight is 336 g/mol. The second-order valence-corrected chi connectivity index (χ2v) is 6.66. The van der Waals surface area contributed by atoms with Crippen molar-refractivity contribution in [2.24, 2.45) is 5.92 Å². The highest BCUT2D eigenvalue weighted by molar-refractivity contribution is 6.06. The molecular weight excluding hydrogens is 316 g/mol. The lowest BCUT2D eigenvalue weighted by Crippen LogP contribution is -2.20. The predicted molar refractivity (Wildman–Crippen MR) is 95.7 cm³/mol. The van der Waals surface area contributed by atoms with E-state index in [4.69, 9.17) is 4.74 Å². The first-order chi connectivity index (χ1) is 12.2. The van der Waals surface area contributed by atoms with E-state index < -0.39 is 5.92 Å². The van der Waals surface area contributed by atoms with Gasteiger partial charge in [-0.15, -0.1) is 0 Å². The van der Waals surface area contributed by atoms with Gasteiger partial charge < -0.3 is 15.4 Å². The maximum atomic E-state index is 12.3. The van der Waals surface area contributed by atoms with Crippen LogP contribution in [0.1, 0.15) is 30.7 Å². The molecule has 0 bridgehead atoms. The SMILES string of the molecule is O=C(CC1C(=O)Nc2ccccc21)Nc1ccc(OCC2CC2)cc1. The maximum Gasteiger partial charge on any atom is 0.232 e. The standard InChI is InChI=1S/C20H20N2O3/c23-19(11-17-16-3-1-2-4-18(16)22-20(17)24)21-14-7-9-15(10-8-14)25-12-13-5-6-13/h1-4,7-10,13,17H,5-6,11-12H2,(H,21,23)(H,22,24). The van der Waals surface area contributed by atoms with Crippen molar-refractivity contribution in [3.8, 4) is 5.75 Å². The molecule has 5 nitrogen and oxygen atoms in total. The summed E-state index contributed by atoms with van der Waals surface area (Å²) in [6, 6.07) is 14.8. The minimum absolute atomic E-state index is 0.125. The van der Waals surface area contributed by atoms with Crippen molar-refractivity contribution < 1.29 is 14.3 Å². The van der Waals surface area contributed by atoms with Gasteiger partial charge in [0.05, 0.1) is 12.5 Å². The largest absolute Gasteiger partial charge is 0.493 e. The van der Waals surface area contributed by atoms with Crippen LogP contribution < -0.4 is 15.4 Å². The van der Waals surface area contributed by atoms with Crippen LogP contribution >= 0.6 is 0 Å². The van der Waals surface area contributed by atoms with Crippen LogP contribution in [0.5, 0.6) is 5.75 Å². The molecular formula is C20H20N2O3. The molecule has 0 spiro atoms. The van der Waals surface area contributed by atoms with Gasteiger partial charge >= 0.3 is 0 Å². The molecule has 4 rings (SSSR count). The Morgan fingerprint density at radius 1 is 1.12 bits per heavy atom. The van der Waals surface area contributed by atoms with Crippen molar-refractivity contribution >= 4 is 23.2 Å². The Bertz CT molecular complexity index is 797. The maximum absolute atomic E-state index is 12.3. The van der Waals surface area contributed by atoms with Gasteiger partial charge in [0.1, 0.15) is 5.75 Å².